The molecule has 0 spiro atoms. The number of rotatable bonds is 3. The highest BCUT2D eigenvalue weighted by atomic mass is 16.7. The third-order valence-electron chi connectivity index (χ3n) is 9.03. The summed E-state index contributed by atoms with van der Waals surface area (Å²) in [5.74, 6) is 0.202. The van der Waals surface area contributed by atoms with E-state index in [1.54, 1.807) is 12.1 Å². The van der Waals surface area contributed by atoms with Gasteiger partial charge in [-0.15, -0.1) is 0 Å². The molecule has 10 atom stereocenters. The van der Waals surface area contributed by atoms with Crippen molar-refractivity contribution >= 4 is 5.97 Å². The molecule has 1 saturated heterocycles. The summed E-state index contributed by atoms with van der Waals surface area (Å²) in [6.45, 7) is 2.04. The molecule has 0 unspecified atom stereocenters. The molecule has 0 radical (unpaired) electrons. The number of carbonyl (C=O) groups excluding carboxylic acids is 1. The van der Waals surface area contributed by atoms with Gasteiger partial charge in [0, 0.05) is 0 Å². The van der Waals surface area contributed by atoms with Gasteiger partial charge in [0.05, 0.1) is 6.10 Å². The van der Waals surface area contributed by atoms with Gasteiger partial charge in [-0.25, -0.2) is 4.79 Å². The molecular weight excluding hydrogens is 444 g/mol. The molecule has 0 aromatic heterocycles. The van der Waals surface area contributed by atoms with Crippen molar-refractivity contribution in [1.29, 1.82) is 0 Å². The van der Waals surface area contributed by atoms with Gasteiger partial charge >= 0.3 is 5.97 Å². The van der Waals surface area contributed by atoms with Gasteiger partial charge in [0.15, 0.2) is 12.4 Å². The second-order valence-electron chi connectivity index (χ2n) is 10.8. The lowest BCUT2D eigenvalue weighted by Crippen LogP contribution is -2.59. The molecule has 34 heavy (non-hydrogen) atoms. The Morgan fingerprint density at radius 3 is 2.59 bits per heavy atom. The first-order valence-electron chi connectivity index (χ1n) is 12.2. The number of aliphatic hydroxyl groups excluding tert-OH is 5. The molecule has 6 N–H and O–H groups in total. The van der Waals surface area contributed by atoms with Crippen molar-refractivity contribution in [2.45, 2.75) is 94.8 Å². The summed E-state index contributed by atoms with van der Waals surface area (Å²) in [4.78, 5) is 12.6. The fraction of sp³-hybridized carbons (Fsp3) is 0.720. The zero-order chi connectivity index (χ0) is 24.4. The van der Waals surface area contributed by atoms with Gasteiger partial charge in [-0.3, -0.25) is 0 Å². The quantitative estimate of drug-likeness (QED) is 0.340. The van der Waals surface area contributed by atoms with Crippen LogP contribution in [0.3, 0.4) is 0 Å². The van der Waals surface area contributed by atoms with Gasteiger partial charge in [-0.05, 0) is 90.5 Å². The molecule has 0 amide bonds. The second-order valence-corrected chi connectivity index (χ2v) is 10.8. The van der Waals surface area contributed by atoms with Crippen LogP contribution < -0.4 is 0 Å². The number of hydrogen-bond donors (Lipinski definition) is 6. The van der Waals surface area contributed by atoms with Crippen LogP contribution in [0.2, 0.25) is 0 Å². The Kier molecular flexibility index (Phi) is 6.15. The fourth-order valence-electron chi connectivity index (χ4n) is 7.19. The molecule has 188 valence electrons. The first-order valence-corrected chi connectivity index (χ1v) is 12.2. The highest BCUT2D eigenvalue weighted by Crippen LogP contribution is 2.61. The maximum Gasteiger partial charge on any atom is 0.338 e. The van der Waals surface area contributed by atoms with Gasteiger partial charge < -0.3 is 40.1 Å². The normalized spacial score (nSPS) is 43.5. The van der Waals surface area contributed by atoms with E-state index in [9.17, 15) is 35.4 Å². The molecule has 1 aromatic carbocycles. The van der Waals surface area contributed by atoms with Crippen LogP contribution in [0.15, 0.2) is 12.1 Å². The predicted molar refractivity (Wildman–Crippen MR) is 117 cm³/mol. The minimum Gasteiger partial charge on any atom is -0.508 e. The zero-order valence-electron chi connectivity index (χ0n) is 19.2. The molecule has 1 heterocycles. The summed E-state index contributed by atoms with van der Waals surface area (Å²) in [6, 6.07) is 3.37. The van der Waals surface area contributed by atoms with Crippen molar-refractivity contribution in [3.8, 4) is 5.75 Å². The number of ether oxygens (including phenoxy) is 2. The summed E-state index contributed by atoms with van der Waals surface area (Å²) in [7, 11) is 0. The lowest BCUT2D eigenvalue weighted by Gasteiger charge is -2.50. The van der Waals surface area contributed by atoms with E-state index in [2.05, 4.69) is 6.92 Å². The van der Waals surface area contributed by atoms with Gasteiger partial charge in [0.2, 0.25) is 0 Å². The number of carbonyl (C=O) groups is 1. The Balaban J connectivity index is 1.37. The van der Waals surface area contributed by atoms with Crippen LogP contribution in [-0.2, 0) is 27.3 Å². The average Bonchev–Trinajstić information content (AvgIpc) is 3.12. The van der Waals surface area contributed by atoms with Crippen LogP contribution in [-0.4, -0.2) is 73.4 Å². The van der Waals surface area contributed by atoms with Gasteiger partial charge in [0.25, 0.3) is 0 Å². The van der Waals surface area contributed by atoms with Crippen molar-refractivity contribution in [1.82, 2.24) is 0 Å². The smallest absolute Gasteiger partial charge is 0.338 e. The highest BCUT2D eigenvalue weighted by Gasteiger charge is 2.54. The molecule has 0 bridgehead atoms. The molecular formula is C25H34O9. The molecule has 4 aliphatic rings. The van der Waals surface area contributed by atoms with E-state index in [0.717, 1.165) is 49.7 Å². The van der Waals surface area contributed by atoms with E-state index in [1.807, 2.05) is 0 Å². The molecule has 3 fully saturated rings. The number of aliphatic hydroxyl groups is 5. The van der Waals surface area contributed by atoms with Crippen LogP contribution >= 0.6 is 0 Å². The van der Waals surface area contributed by atoms with Gasteiger partial charge in [-0.1, -0.05) is 6.92 Å². The maximum atomic E-state index is 12.6. The number of phenols is 1. The highest BCUT2D eigenvalue weighted by molar-refractivity contribution is 5.76. The van der Waals surface area contributed by atoms with Gasteiger partial charge in [-0.2, -0.15) is 0 Å². The summed E-state index contributed by atoms with van der Waals surface area (Å²) in [5, 5.41) is 60.2. The minimum absolute atomic E-state index is 0.0666. The van der Waals surface area contributed by atoms with E-state index in [-0.39, 0.29) is 29.8 Å². The number of esters is 1. The molecule has 9 nitrogen and oxygen atoms in total. The Morgan fingerprint density at radius 1 is 1.06 bits per heavy atom. The van der Waals surface area contributed by atoms with Crippen LogP contribution in [0.5, 0.6) is 5.75 Å². The molecule has 2 saturated carbocycles. The number of aromatic hydroxyl groups is 1. The molecule has 5 rings (SSSR count). The Bertz CT molecular complexity index is 951. The number of phenolic OH excluding ortho intramolecular Hbond substituents is 1. The Morgan fingerprint density at radius 2 is 1.82 bits per heavy atom. The topological polar surface area (TPSA) is 157 Å². The first-order chi connectivity index (χ1) is 16.1. The monoisotopic (exact) mass is 478 g/mol. The summed E-state index contributed by atoms with van der Waals surface area (Å²) < 4.78 is 10.4. The Hall–Kier alpha value is -1.75. The number of hydrogen-bond acceptors (Lipinski definition) is 9. The van der Waals surface area contributed by atoms with Crippen molar-refractivity contribution in [3.05, 3.63) is 28.8 Å². The molecule has 9 heteroatoms. The standard InChI is InChI=1S/C25H34O9/c1-25-7-6-15-14(16(25)4-5-17(25)27)3-2-11-8-13(26)9-12(18(11)15)10-33-24(32)22-20(29)19(28)21(30)23(31)34-22/h8-9,14-17,19-23,26-31H,2-7,10H2,1H3/t14-,15+,16+,17-,19+,20+,21-,22+,23-,25+/m1/s1. The molecule has 1 aromatic rings. The number of aryl methyl sites for hydroxylation is 1. The Labute approximate surface area is 197 Å². The SMILES string of the molecule is C[C@]12CC[C@@H]3c4c(cc(O)cc4COC(=O)[C@H]4O[C@@H](O)[C@H](O)[C@@H](O)[C@@H]4O)CC[C@H]3[C@@H]1CC[C@H]2O. The zero-order valence-corrected chi connectivity index (χ0v) is 19.2. The van der Waals surface area contributed by atoms with Crippen LogP contribution in [0.4, 0.5) is 0 Å². The van der Waals surface area contributed by atoms with E-state index < -0.39 is 36.7 Å². The average molecular weight is 479 g/mol. The summed E-state index contributed by atoms with van der Waals surface area (Å²) in [6.07, 6.45) is -3.54. The van der Waals surface area contributed by atoms with Crippen molar-refractivity contribution < 1.29 is 44.9 Å². The third kappa shape index (κ3) is 3.73. The third-order valence-corrected chi connectivity index (χ3v) is 9.03. The lowest BCUT2D eigenvalue weighted by molar-refractivity contribution is -0.281. The van der Waals surface area contributed by atoms with Crippen LogP contribution in [0, 0.1) is 17.3 Å². The lowest BCUT2D eigenvalue weighted by atomic mass is 9.55. The van der Waals surface area contributed by atoms with E-state index in [0.29, 0.717) is 17.4 Å². The van der Waals surface area contributed by atoms with Gasteiger partial charge in [0.1, 0.15) is 30.7 Å². The van der Waals surface area contributed by atoms with Crippen LogP contribution in [0.25, 0.3) is 0 Å². The maximum absolute atomic E-state index is 12.6. The van der Waals surface area contributed by atoms with Crippen molar-refractivity contribution in [2.75, 3.05) is 0 Å². The largest absolute Gasteiger partial charge is 0.508 e. The van der Waals surface area contributed by atoms with Crippen molar-refractivity contribution in [2.24, 2.45) is 17.3 Å². The summed E-state index contributed by atoms with van der Waals surface area (Å²) in [5.41, 5.74) is 2.75. The predicted octanol–water partition coefficient (Wildman–Crippen LogP) is 0.452. The first kappa shape index (κ1) is 24.0. The minimum atomic E-state index is -1.83. The van der Waals surface area contributed by atoms with E-state index in [4.69, 9.17) is 9.47 Å². The number of fused-ring (bicyclic) bond motifs is 5. The fourth-order valence-corrected chi connectivity index (χ4v) is 7.19. The van der Waals surface area contributed by atoms with Crippen molar-refractivity contribution in [3.63, 3.8) is 0 Å². The van der Waals surface area contributed by atoms with Crippen LogP contribution in [0.1, 0.15) is 61.6 Å². The number of benzene rings is 1. The second kappa shape index (κ2) is 8.72. The van der Waals surface area contributed by atoms with E-state index in [1.165, 1.54) is 0 Å². The molecule has 3 aliphatic carbocycles. The summed E-state index contributed by atoms with van der Waals surface area (Å²) >= 11 is 0. The van der Waals surface area contributed by atoms with E-state index >= 15 is 0 Å². The molecule has 1 aliphatic heterocycles.